The minimum absolute atomic E-state index is 0.0698. The van der Waals surface area contributed by atoms with Crippen LogP contribution in [0.25, 0.3) is 0 Å². The summed E-state index contributed by atoms with van der Waals surface area (Å²) in [7, 11) is 0. The number of nitrogens with zero attached hydrogens (tertiary/aromatic N) is 2. The lowest BCUT2D eigenvalue weighted by molar-refractivity contribution is 0.214. The van der Waals surface area contributed by atoms with Gasteiger partial charge < -0.3 is 4.74 Å². The standard InChI is InChI=1S/C20H27N3O2/c1-20(2,3)17-14-18(23(22-17)15-10-6-4-7-11-15)21-19(24)25-16-12-8-5-9-13-16/h5,8-9,12-15H,4,6-7,10-11H2,1-3H3,(H,21,24). The maximum Gasteiger partial charge on any atom is 0.418 e. The van der Waals surface area contributed by atoms with Gasteiger partial charge in [0.1, 0.15) is 11.6 Å². The summed E-state index contributed by atoms with van der Waals surface area (Å²) < 4.78 is 7.36. The first-order valence-corrected chi connectivity index (χ1v) is 9.07. The van der Waals surface area contributed by atoms with Gasteiger partial charge in [0, 0.05) is 11.5 Å². The van der Waals surface area contributed by atoms with Crippen molar-refractivity contribution in [2.45, 2.75) is 64.3 Å². The van der Waals surface area contributed by atoms with E-state index in [9.17, 15) is 4.79 Å². The fourth-order valence-electron chi connectivity index (χ4n) is 3.18. The number of carbonyl (C=O) groups is 1. The molecule has 134 valence electrons. The summed E-state index contributed by atoms with van der Waals surface area (Å²) in [6.45, 7) is 6.39. The number of aromatic nitrogens is 2. The number of anilines is 1. The van der Waals surface area contributed by atoms with E-state index in [0.29, 0.717) is 11.8 Å². The van der Waals surface area contributed by atoms with Crippen LogP contribution in [-0.2, 0) is 5.41 Å². The van der Waals surface area contributed by atoms with Crippen LogP contribution in [0.5, 0.6) is 5.75 Å². The summed E-state index contributed by atoms with van der Waals surface area (Å²) in [6.07, 6.45) is 5.43. The Balaban J connectivity index is 1.80. The summed E-state index contributed by atoms with van der Waals surface area (Å²) in [6, 6.07) is 11.4. The summed E-state index contributed by atoms with van der Waals surface area (Å²) in [4.78, 5) is 12.3. The third-order valence-electron chi connectivity index (χ3n) is 4.61. The van der Waals surface area contributed by atoms with Crippen LogP contribution in [0.1, 0.15) is 64.6 Å². The molecule has 5 heteroatoms. The Morgan fingerprint density at radius 3 is 2.48 bits per heavy atom. The third-order valence-corrected chi connectivity index (χ3v) is 4.61. The molecule has 1 aromatic heterocycles. The molecule has 3 rings (SSSR count). The SMILES string of the molecule is CC(C)(C)c1cc(NC(=O)Oc2ccccc2)n(C2CCCCC2)n1. The van der Waals surface area contributed by atoms with Crippen molar-refractivity contribution < 1.29 is 9.53 Å². The average molecular weight is 341 g/mol. The average Bonchev–Trinajstić information content (AvgIpc) is 3.00. The lowest BCUT2D eigenvalue weighted by atomic mass is 9.92. The fraction of sp³-hybridized carbons (Fsp3) is 0.500. The van der Waals surface area contributed by atoms with E-state index in [2.05, 4.69) is 26.1 Å². The van der Waals surface area contributed by atoms with E-state index in [4.69, 9.17) is 9.84 Å². The molecule has 0 aliphatic heterocycles. The number of para-hydroxylation sites is 1. The highest BCUT2D eigenvalue weighted by Crippen LogP contribution is 2.33. The molecule has 0 radical (unpaired) electrons. The Morgan fingerprint density at radius 2 is 1.84 bits per heavy atom. The Kier molecular flexibility index (Phi) is 5.11. The zero-order valence-corrected chi connectivity index (χ0v) is 15.3. The second-order valence-electron chi connectivity index (χ2n) is 7.73. The second kappa shape index (κ2) is 7.30. The predicted octanol–water partition coefficient (Wildman–Crippen LogP) is 5.30. The molecule has 0 spiro atoms. The van der Waals surface area contributed by atoms with E-state index in [1.54, 1.807) is 12.1 Å². The van der Waals surface area contributed by atoms with Gasteiger partial charge in [-0.2, -0.15) is 5.10 Å². The first-order valence-electron chi connectivity index (χ1n) is 9.07. The molecule has 1 saturated carbocycles. The van der Waals surface area contributed by atoms with Gasteiger partial charge in [-0.25, -0.2) is 9.48 Å². The van der Waals surface area contributed by atoms with E-state index >= 15 is 0 Å². The molecule has 0 unspecified atom stereocenters. The van der Waals surface area contributed by atoms with Crippen molar-refractivity contribution in [2.75, 3.05) is 5.32 Å². The number of nitrogens with one attached hydrogen (secondary N) is 1. The maximum atomic E-state index is 12.3. The largest absolute Gasteiger partial charge is 0.418 e. The smallest absolute Gasteiger partial charge is 0.410 e. The number of carbonyl (C=O) groups excluding carboxylic acids is 1. The van der Waals surface area contributed by atoms with E-state index in [1.165, 1.54) is 19.3 Å². The Bertz CT molecular complexity index is 710. The van der Waals surface area contributed by atoms with Gasteiger partial charge in [0.2, 0.25) is 0 Å². The first kappa shape index (κ1) is 17.5. The normalized spacial score (nSPS) is 15.8. The van der Waals surface area contributed by atoms with Crippen LogP contribution in [0, 0.1) is 0 Å². The summed E-state index contributed by atoms with van der Waals surface area (Å²) in [5.41, 5.74) is 0.910. The van der Waals surface area contributed by atoms with Gasteiger partial charge in [-0.1, -0.05) is 58.2 Å². The minimum atomic E-state index is -0.483. The van der Waals surface area contributed by atoms with Gasteiger partial charge in [-0.3, -0.25) is 5.32 Å². The van der Waals surface area contributed by atoms with Crippen molar-refractivity contribution >= 4 is 11.9 Å². The van der Waals surface area contributed by atoms with Crippen molar-refractivity contribution in [1.82, 2.24) is 9.78 Å². The molecule has 1 amide bonds. The van der Waals surface area contributed by atoms with Crippen molar-refractivity contribution in [2.24, 2.45) is 0 Å². The monoisotopic (exact) mass is 341 g/mol. The molecule has 1 aliphatic carbocycles. The number of amides is 1. The summed E-state index contributed by atoms with van der Waals surface area (Å²) >= 11 is 0. The van der Waals surface area contributed by atoms with Crippen LogP contribution in [-0.4, -0.2) is 15.9 Å². The number of ether oxygens (including phenoxy) is 1. The van der Waals surface area contributed by atoms with Crippen molar-refractivity contribution in [3.8, 4) is 5.75 Å². The molecule has 2 aromatic rings. The molecule has 1 N–H and O–H groups in total. The third kappa shape index (κ3) is 4.41. The van der Waals surface area contributed by atoms with Gasteiger partial charge in [0.15, 0.2) is 0 Å². The van der Waals surface area contributed by atoms with Crippen LogP contribution in [0.3, 0.4) is 0 Å². The molecule has 0 saturated heterocycles. The van der Waals surface area contributed by atoms with Crippen LogP contribution in [0.15, 0.2) is 36.4 Å². The molecule has 1 aromatic carbocycles. The van der Waals surface area contributed by atoms with E-state index in [-0.39, 0.29) is 5.41 Å². The fourth-order valence-corrected chi connectivity index (χ4v) is 3.18. The molecule has 0 bridgehead atoms. The van der Waals surface area contributed by atoms with Crippen molar-refractivity contribution in [3.05, 3.63) is 42.1 Å². The maximum absolute atomic E-state index is 12.3. The molecule has 5 nitrogen and oxygen atoms in total. The van der Waals surface area contributed by atoms with E-state index in [0.717, 1.165) is 24.4 Å². The predicted molar refractivity (Wildman–Crippen MR) is 99.1 cm³/mol. The number of rotatable bonds is 3. The van der Waals surface area contributed by atoms with Gasteiger partial charge in [-0.05, 0) is 25.0 Å². The Hall–Kier alpha value is -2.30. The van der Waals surface area contributed by atoms with Gasteiger partial charge >= 0.3 is 6.09 Å². The van der Waals surface area contributed by atoms with Gasteiger partial charge in [0.25, 0.3) is 0 Å². The topological polar surface area (TPSA) is 56.1 Å². The molecule has 25 heavy (non-hydrogen) atoms. The van der Waals surface area contributed by atoms with Crippen LogP contribution >= 0.6 is 0 Å². The molecule has 1 aliphatic rings. The Labute approximate surface area is 149 Å². The first-order chi connectivity index (χ1) is 11.9. The lowest BCUT2D eigenvalue weighted by Gasteiger charge is -2.24. The van der Waals surface area contributed by atoms with E-state index < -0.39 is 6.09 Å². The zero-order chi connectivity index (χ0) is 17.9. The number of benzene rings is 1. The number of hydrogen-bond acceptors (Lipinski definition) is 3. The molecule has 1 fully saturated rings. The summed E-state index contributed by atoms with van der Waals surface area (Å²) in [5.74, 6) is 1.25. The number of hydrogen-bond donors (Lipinski definition) is 1. The second-order valence-corrected chi connectivity index (χ2v) is 7.73. The Morgan fingerprint density at radius 1 is 1.16 bits per heavy atom. The molecular weight excluding hydrogens is 314 g/mol. The van der Waals surface area contributed by atoms with Gasteiger partial charge in [-0.15, -0.1) is 0 Å². The van der Waals surface area contributed by atoms with E-state index in [1.807, 2.05) is 28.9 Å². The molecule has 1 heterocycles. The zero-order valence-electron chi connectivity index (χ0n) is 15.3. The van der Waals surface area contributed by atoms with Crippen LogP contribution < -0.4 is 10.1 Å². The highest BCUT2D eigenvalue weighted by atomic mass is 16.6. The molecule has 0 atom stereocenters. The quantitative estimate of drug-likeness (QED) is 0.824. The summed E-state index contributed by atoms with van der Waals surface area (Å²) in [5, 5.41) is 7.70. The van der Waals surface area contributed by atoms with Crippen molar-refractivity contribution in [1.29, 1.82) is 0 Å². The lowest BCUT2D eigenvalue weighted by Crippen LogP contribution is -2.22. The highest BCUT2D eigenvalue weighted by molar-refractivity contribution is 5.85. The minimum Gasteiger partial charge on any atom is -0.410 e. The van der Waals surface area contributed by atoms with Gasteiger partial charge in [0.05, 0.1) is 11.7 Å². The molecular formula is C20H27N3O2. The van der Waals surface area contributed by atoms with Crippen molar-refractivity contribution in [3.63, 3.8) is 0 Å². The highest BCUT2D eigenvalue weighted by Gasteiger charge is 2.25. The van der Waals surface area contributed by atoms with Crippen LogP contribution in [0.4, 0.5) is 10.6 Å². The van der Waals surface area contributed by atoms with Crippen LogP contribution in [0.2, 0.25) is 0 Å².